The molecule has 0 amide bonds. The van der Waals surface area contributed by atoms with Crippen LogP contribution in [-0.4, -0.2) is 50.3 Å². The molecule has 2 aliphatic rings. The van der Waals surface area contributed by atoms with Crippen molar-refractivity contribution in [3.63, 3.8) is 0 Å². The average molecular weight is 396 g/mol. The Morgan fingerprint density at radius 3 is 2.72 bits per heavy atom. The average Bonchev–Trinajstić information content (AvgIpc) is 2.72. The minimum atomic E-state index is -0.813. The van der Waals surface area contributed by atoms with E-state index in [1.165, 1.54) is 12.1 Å². The van der Waals surface area contributed by atoms with Crippen molar-refractivity contribution in [1.82, 2.24) is 10.2 Å². The number of fused-ring (bicyclic) bond motifs is 3. The molecule has 152 valence electrons. The van der Waals surface area contributed by atoms with Gasteiger partial charge in [-0.05, 0) is 56.7 Å². The number of aliphatic imine (C=N–C) groups is 2. The molecule has 2 aromatic carbocycles. The first-order chi connectivity index (χ1) is 14.0. The molecule has 0 radical (unpaired) electrons. The first kappa shape index (κ1) is 19.7. The van der Waals surface area contributed by atoms with Crippen LogP contribution in [0.3, 0.4) is 0 Å². The van der Waals surface area contributed by atoms with Gasteiger partial charge in [-0.25, -0.2) is 13.8 Å². The molecule has 4 nitrogen and oxygen atoms in total. The van der Waals surface area contributed by atoms with Crippen LogP contribution in [0, 0.1) is 17.6 Å². The van der Waals surface area contributed by atoms with Crippen molar-refractivity contribution >= 4 is 11.7 Å². The SMILES string of the molecule is CN(C)CCCNC1=NCC2CC(c3ccc(F)c(F)c3)c3ccccc3C2=N1. The standard InChI is InChI=1S/C23H26F2N4/c1-29(2)11-5-10-26-23-27-14-16-12-19(15-8-9-20(24)21(25)13-15)17-6-3-4-7-18(17)22(16)28-23/h3-4,6-9,13,16,19H,5,10-12,14H2,1-2H3,(H,26,27). The minimum Gasteiger partial charge on any atom is -0.354 e. The maximum Gasteiger partial charge on any atom is 0.218 e. The number of hydrogen-bond donors (Lipinski definition) is 1. The van der Waals surface area contributed by atoms with Crippen molar-refractivity contribution in [3.8, 4) is 0 Å². The van der Waals surface area contributed by atoms with Gasteiger partial charge in [0.05, 0.1) is 12.3 Å². The number of hydrogen-bond acceptors (Lipinski definition) is 4. The summed E-state index contributed by atoms with van der Waals surface area (Å²) in [7, 11) is 4.12. The summed E-state index contributed by atoms with van der Waals surface area (Å²) in [6.45, 7) is 2.50. The van der Waals surface area contributed by atoms with Gasteiger partial charge in [0.15, 0.2) is 11.6 Å². The molecule has 29 heavy (non-hydrogen) atoms. The highest BCUT2D eigenvalue weighted by Gasteiger charge is 2.34. The molecule has 2 atom stereocenters. The first-order valence-corrected chi connectivity index (χ1v) is 10.1. The smallest absolute Gasteiger partial charge is 0.218 e. The molecule has 0 saturated heterocycles. The number of nitrogens with one attached hydrogen (secondary N) is 1. The van der Waals surface area contributed by atoms with Crippen molar-refractivity contribution in [2.45, 2.75) is 18.8 Å². The van der Waals surface area contributed by atoms with E-state index in [1.54, 1.807) is 6.07 Å². The molecular weight excluding hydrogens is 370 g/mol. The topological polar surface area (TPSA) is 40.0 Å². The maximum atomic E-state index is 13.9. The second-order valence-corrected chi connectivity index (χ2v) is 7.99. The van der Waals surface area contributed by atoms with Crippen molar-refractivity contribution in [1.29, 1.82) is 0 Å². The largest absolute Gasteiger partial charge is 0.354 e. The highest BCUT2D eigenvalue weighted by atomic mass is 19.2. The highest BCUT2D eigenvalue weighted by Crippen LogP contribution is 2.40. The van der Waals surface area contributed by atoms with Crippen LogP contribution in [0.5, 0.6) is 0 Å². The molecule has 0 spiro atoms. The summed E-state index contributed by atoms with van der Waals surface area (Å²) in [5.74, 6) is -0.737. The summed E-state index contributed by atoms with van der Waals surface area (Å²) < 4.78 is 27.3. The van der Waals surface area contributed by atoms with Crippen LogP contribution in [0.25, 0.3) is 0 Å². The number of guanidine groups is 1. The molecule has 4 rings (SSSR count). The van der Waals surface area contributed by atoms with Gasteiger partial charge in [-0.1, -0.05) is 30.3 Å². The molecule has 2 unspecified atom stereocenters. The summed E-state index contributed by atoms with van der Waals surface area (Å²) >= 11 is 0. The van der Waals surface area contributed by atoms with Gasteiger partial charge >= 0.3 is 0 Å². The third-order valence-corrected chi connectivity index (χ3v) is 5.62. The van der Waals surface area contributed by atoms with Gasteiger partial charge in [0, 0.05) is 23.9 Å². The van der Waals surface area contributed by atoms with E-state index in [4.69, 9.17) is 4.99 Å². The molecule has 0 fully saturated rings. The van der Waals surface area contributed by atoms with Gasteiger partial charge in [0.1, 0.15) is 0 Å². The van der Waals surface area contributed by atoms with Crippen molar-refractivity contribution < 1.29 is 8.78 Å². The van der Waals surface area contributed by atoms with E-state index in [9.17, 15) is 8.78 Å². The van der Waals surface area contributed by atoms with Crippen LogP contribution in [0.1, 0.15) is 35.4 Å². The zero-order valence-electron chi connectivity index (χ0n) is 16.8. The molecule has 0 aromatic heterocycles. The Morgan fingerprint density at radius 1 is 1.10 bits per heavy atom. The van der Waals surface area contributed by atoms with Crippen molar-refractivity contribution in [2.24, 2.45) is 15.9 Å². The van der Waals surface area contributed by atoms with Gasteiger partial charge in [0.2, 0.25) is 5.96 Å². The Balaban J connectivity index is 1.59. The van der Waals surface area contributed by atoms with E-state index >= 15 is 0 Å². The molecule has 2 aromatic rings. The zero-order chi connectivity index (χ0) is 20.4. The Bertz CT molecular complexity index is 952. The summed E-state index contributed by atoms with van der Waals surface area (Å²) in [5, 5.41) is 3.34. The Labute approximate surface area is 170 Å². The minimum absolute atomic E-state index is 0.00931. The fourth-order valence-electron chi connectivity index (χ4n) is 4.17. The molecule has 6 heteroatoms. The Kier molecular flexibility index (Phi) is 5.72. The van der Waals surface area contributed by atoms with E-state index in [1.807, 2.05) is 12.1 Å². The predicted octanol–water partition coefficient (Wildman–Crippen LogP) is 3.82. The second-order valence-electron chi connectivity index (χ2n) is 7.99. The van der Waals surface area contributed by atoms with Crippen LogP contribution in [0.2, 0.25) is 0 Å². The zero-order valence-corrected chi connectivity index (χ0v) is 16.8. The molecule has 0 bridgehead atoms. The number of nitrogens with zero attached hydrogens (tertiary/aromatic N) is 3. The summed E-state index contributed by atoms with van der Waals surface area (Å²) in [6.07, 6.45) is 1.81. The first-order valence-electron chi connectivity index (χ1n) is 10.1. The molecule has 1 aliphatic carbocycles. The highest BCUT2D eigenvalue weighted by molar-refractivity contribution is 6.11. The lowest BCUT2D eigenvalue weighted by atomic mass is 9.72. The monoisotopic (exact) mass is 396 g/mol. The van der Waals surface area contributed by atoms with Crippen LogP contribution in [0.4, 0.5) is 8.78 Å². The normalized spacial score (nSPS) is 20.6. The van der Waals surface area contributed by atoms with Crippen molar-refractivity contribution in [2.75, 3.05) is 33.7 Å². The summed E-state index contributed by atoms with van der Waals surface area (Å²) in [6, 6.07) is 12.4. The third-order valence-electron chi connectivity index (χ3n) is 5.62. The van der Waals surface area contributed by atoms with E-state index in [-0.39, 0.29) is 11.8 Å². The van der Waals surface area contributed by atoms with Gasteiger partial charge in [-0.2, -0.15) is 0 Å². The molecule has 1 heterocycles. The molecule has 0 saturated carbocycles. The van der Waals surface area contributed by atoms with E-state index in [0.29, 0.717) is 12.5 Å². The van der Waals surface area contributed by atoms with Crippen LogP contribution < -0.4 is 5.32 Å². The third kappa shape index (κ3) is 4.22. The summed E-state index contributed by atoms with van der Waals surface area (Å²) in [5.41, 5.74) is 4.04. The number of rotatable bonds is 5. The van der Waals surface area contributed by atoms with Gasteiger partial charge in [-0.3, -0.25) is 4.99 Å². The second kappa shape index (κ2) is 8.41. The number of halogens is 2. The molecule has 1 aliphatic heterocycles. The number of benzene rings is 2. The van der Waals surface area contributed by atoms with Crippen molar-refractivity contribution in [3.05, 3.63) is 70.8 Å². The molecule has 1 N–H and O–H groups in total. The summed E-state index contributed by atoms with van der Waals surface area (Å²) in [4.78, 5) is 11.6. The van der Waals surface area contributed by atoms with E-state index in [0.717, 1.165) is 48.3 Å². The van der Waals surface area contributed by atoms with E-state index < -0.39 is 11.6 Å². The van der Waals surface area contributed by atoms with Gasteiger partial charge in [0.25, 0.3) is 0 Å². The molecular formula is C23H26F2N4. The Morgan fingerprint density at radius 2 is 1.93 bits per heavy atom. The quantitative estimate of drug-likeness (QED) is 0.781. The lowest BCUT2D eigenvalue weighted by Crippen LogP contribution is -2.36. The fourth-order valence-corrected chi connectivity index (χ4v) is 4.17. The van der Waals surface area contributed by atoms with Gasteiger partial charge in [-0.15, -0.1) is 0 Å². The van der Waals surface area contributed by atoms with Gasteiger partial charge < -0.3 is 10.2 Å². The van der Waals surface area contributed by atoms with E-state index in [2.05, 4.69) is 41.4 Å². The lowest BCUT2D eigenvalue weighted by Gasteiger charge is -2.34. The van der Waals surface area contributed by atoms with Crippen LogP contribution in [0.15, 0.2) is 52.4 Å². The fraction of sp³-hybridized carbons (Fsp3) is 0.391. The van der Waals surface area contributed by atoms with Crippen LogP contribution in [-0.2, 0) is 0 Å². The lowest BCUT2D eigenvalue weighted by molar-refractivity contribution is 0.400. The predicted molar refractivity (Wildman–Crippen MR) is 113 cm³/mol. The Hall–Kier alpha value is -2.60. The van der Waals surface area contributed by atoms with Crippen LogP contribution >= 0.6 is 0 Å². The maximum absolute atomic E-state index is 13.9.